The fourth-order valence-electron chi connectivity index (χ4n) is 2.38. The number of hydrogen-bond donors (Lipinski definition) is 1. The molecule has 6 nitrogen and oxygen atoms in total. The Kier molecular flexibility index (Phi) is 4.34. The van der Waals surface area contributed by atoms with Crippen molar-refractivity contribution in [1.29, 1.82) is 0 Å². The summed E-state index contributed by atoms with van der Waals surface area (Å²) in [6.07, 6.45) is 4.12. The van der Waals surface area contributed by atoms with Gasteiger partial charge in [-0.25, -0.2) is 4.98 Å². The van der Waals surface area contributed by atoms with Crippen molar-refractivity contribution in [2.45, 2.75) is 26.3 Å². The zero-order valence-electron chi connectivity index (χ0n) is 12.6. The molecule has 0 aliphatic heterocycles. The van der Waals surface area contributed by atoms with E-state index < -0.39 is 0 Å². The molecule has 2 aromatic rings. The van der Waals surface area contributed by atoms with E-state index in [0.29, 0.717) is 5.88 Å². The van der Waals surface area contributed by atoms with Gasteiger partial charge in [-0.2, -0.15) is 5.10 Å². The number of methoxy groups -OCH3 is 1. The lowest BCUT2D eigenvalue weighted by molar-refractivity contribution is 0.379. The Balaban J connectivity index is 2.34. The number of rotatable bonds is 5. The summed E-state index contributed by atoms with van der Waals surface area (Å²) in [6, 6.07) is 0.0419. The predicted octanol–water partition coefficient (Wildman–Crippen LogP) is 1.34. The summed E-state index contributed by atoms with van der Waals surface area (Å²) in [5.74, 6) is 0.561. The molecule has 1 N–H and O–H groups in total. The molecule has 2 rings (SSSR count). The Labute approximate surface area is 119 Å². The van der Waals surface area contributed by atoms with Crippen LogP contribution >= 0.6 is 0 Å². The van der Waals surface area contributed by atoms with E-state index in [2.05, 4.69) is 27.3 Å². The zero-order valence-corrected chi connectivity index (χ0v) is 12.6. The Bertz CT molecular complexity index is 593. The molecule has 20 heavy (non-hydrogen) atoms. The first-order valence-corrected chi connectivity index (χ1v) is 6.59. The van der Waals surface area contributed by atoms with Gasteiger partial charge < -0.3 is 10.1 Å². The number of ether oxygens (including phenoxy) is 1. The van der Waals surface area contributed by atoms with E-state index >= 15 is 0 Å². The van der Waals surface area contributed by atoms with Crippen LogP contribution in [-0.4, -0.2) is 33.9 Å². The van der Waals surface area contributed by atoms with Crippen LogP contribution in [0.1, 0.15) is 28.7 Å². The average Bonchev–Trinajstić information content (AvgIpc) is 2.70. The van der Waals surface area contributed by atoms with Crippen LogP contribution in [0.5, 0.6) is 5.88 Å². The number of hydrogen-bond acceptors (Lipinski definition) is 5. The highest BCUT2D eigenvalue weighted by molar-refractivity contribution is 5.29. The minimum Gasteiger partial charge on any atom is -0.480 e. The van der Waals surface area contributed by atoms with Crippen LogP contribution in [-0.2, 0) is 13.5 Å². The Morgan fingerprint density at radius 3 is 2.55 bits per heavy atom. The molecule has 0 aliphatic rings. The van der Waals surface area contributed by atoms with Gasteiger partial charge in [-0.15, -0.1) is 0 Å². The molecular weight excluding hydrogens is 254 g/mol. The highest BCUT2D eigenvalue weighted by Crippen LogP contribution is 2.25. The largest absolute Gasteiger partial charge is 0.480 e. The minimum absolute atomic E-state index is 0.0419. The standard InChI is InChI=1S/C14H21N5O/c1-9-11(10(2)19(4)18-9)8-12(15-3)13-14(20-5)17-7-6-16-13/h6-7,12,15H,8H2,1-5H3. The van der Waals surface area contributed by atoms with Crippen LogP contribution in [0.15, 0.2) is 12.4 Å². The van der Waals surface area contributed by atoms with Gasteiger partial charge in [0.2, 0.25) is 5.88 Å². The fourth-order valence-corrected chi connectivity index (χ4v) is 2.38. The van der Waals surface area contributed by atoms with Gasteiger partial charge in [0, 0.05) is 25.1 Å². The van der Waals surface area contributed by atoms with Gasteiger partial charge in [-0.1, -0.05) is 0 Å². The molecular formula is C14H21N5O. The first kappa shape index (κ1) is 14.5. The maximum atomic E-state index is 5.30. The molecule has 0 amide bonds. The molecule has 6 heteroatoms. The molecule has 108 valence electrons. The Hall–Kier alpha value is -1.95. The third kappa shape index (κ3) is 2.65. The molecule has 0 saturated carbocycles. The van der Waals surface area contributed by atoms with Crippen LogP contribution in [0.4, 0.5) is 0 Å². The van der Waals surface area contributed by atoms with Crippen molar-refractivity contribution < 1.29 is 4.74 Å². The van der Waals surface area contributed by atoms with Crippen LogP contribution < -0.4 is 10.1 Å². The van der Waals surface area contributed by atoms with Crippen molar-refractivity contribution in [3.05, 3.63) is 35.0 Å². The number of nitrogens with one attached hydrogen (secondary N) is 1. The highest BCUT2D eigenvalue weighted by atomic mass is 16.5. The number of aryl methyl sites for hydroxylation is 2. The van der Waals surface area contributed by atoms with Gasteiger partial charge in [0.25, 0.3) is 0 Å². The van der Waals surface area contributed by atoms with E-state index in [4.69, 9.17) is 4.74 Å². The second kappa shape index (κ2) is 6.00. The summed E-state index contributed by atoms with van der Waals surface area (Å²) in [7, 11) is 5.49. The van der Waals surface area contributed by atoms with Crippen molar-refractivity contribution in [3.63, 3.8) is 0 Å². The zero-order chi connectivity index (χ0) is 14.7. The lowest BCUT2D eigenvalue weighted by Gasteiger charge is -2.17. The molecule has 0 fully saturated rings. The maximum absolute atomic E-state index is 5.30. The smallest absolute Gasteiger partial charge is 0.237 e. The van der Waals surface area contributed by atoms with E-state index in [-0.39, 0.29) is 6.04 Å². The number of nitrogens with zero attached hydrogens (tertiary/aromatic N) is 4. The van der Waals surface area contributed by atoms with Gasteiger partial charge in [-0.05, 0) is 32.9 Å². The minimum atomic E-state index is 0.0419. The first-order chi connectivity index (χ1) is 9.58. The highest BCUT2D eigenvalue weighted by Gasteiger charge is 2.21. The molecule has 0 aliphatic carbocycles. The van der Waals surface area contributed by atoms with E-state index in [9.17, 15) is 0 Å². The summed E-state index contributed by atoms with van der Waals surface area (Å²) in [5, 5.41) is 7.74. The Morgan fingerprint density at radius 1 is 1.30 bits per heavy atom. The van der Waals surface area contributed by atoms with Crippen molar-refractivity contribution in [2.24, 2.45) is 7.05 Å². The van der Waals surface area contributed by atoms with Gasteiger partial charge in [-0.3, -0.25) is 9.67 Å². The van der Waals surface area contributed by atoms with Crippen LogP contribution in [0, 0.1) is 13.8 Å². The molecule has 1 atom stereocenters. The predicted molar refractivity (Wildman–Crippen MR) is 76.8 cm³/mol. The van der Waals surface area contributed by atoms with E-state index in [1.807, 2.05) is 25.7 Å². The van der Waals surface area contributed by atoms with Crippen molar-refractivity contribution in [2.75, 3.05) is 14.2 Å². The summed E-state index contributed by atoms with van der Waals surface area (Å²) < 4.78 is 7.21. The molecule has 0 spiro atoms. The van der Waals surface area contributed by atoms with E-state index in [1.165, 1.54) is 11.3 Å². The van der Waals surface area contributed by atoms with Gasteiger partial charge in [0.15, 0.2) is 0 Å². The molecule has 0 radical (unpaired) electrons. The second-order valence-corrected chi connectivity index (χ2v) is 4.77. The normalized spacial score (nSPS) is 12.4. The topological polar surface area (TPSA) is 64.9 Å². The monoisotopic (exact) mass is 275 g/mol. The van der Waals surface area contributed by atoms with Crippen molar-refractivity contribution >= 4 is 0 Å². The SMILES string of the molecule is CNC(Cc1c(C)nn(C)c1C)c1nccnc1OC. The molecule has 0 bridgehead atoms. The lowest BCUT2D eigenvalue weighted by atomic mass is 10.0. The van der Waals surface area contributed by atoms with E-state index in [0.717, 1.165) is 17.8 Å². The maximum Gasteiger partial charge on any atom is 0.237 e. The van der Waals surface area contributed by atoms with Crippen molar-refractivity contribution in [3.8, 4) is 5.88 Å². The Morgan fingerprint density at radius 2 is 2.00 bits per heavy atom. The van der Waals surface area contributed by atoms with Gasteiger partial charge in [0.05, 0.1) is 18.8 Å². The molecule has 1 unspecified atom stereocenters. The van der Waals surface area contributed by atoms with Gasteiger partial charge in [0.1, 0.15) is 5.69 Å². The van der Waals surface area contributed by atoms with Crippen molar-refractivity contribution in [1.82, 2.24) is 25.1 Å². The van der Waals surface area contributed by atoms with Crippen LogP contribution in [0.25, 0.3) is 0 Å². The fraction of sp³-hybridized carbons (Fsp3) is 0.500. The third-order valence-corrected chi connectivity index (χ3v) is 3.63. The summed E-state index contributed by atoms with van der Waals surface area (Å²) in [5.41, 5.74) is 4.28. The molecule has 0 saturated heterocycles. The van der Waals surface area contributed by atoms with Gasteiger partial charge >= 0.3 is 0 Å². The quantitative estimate of drug-likeness (QED) is 0.892. The van der Waals surface area contributed by atoms with E-state index in [1.54, 1.807) is 19.5 Å². The molecule has 0 aromatic carbocycles. The summed E-state index contributed by atoms with van der Waals surface area (Å²) in [4.78, 5) is 8.62. The van der Waals surface area contributed by atoms with Crippen LogP contribution in [0.3, 0.4) is 0 Å². The third-order valence-electron chi connectivity index (χ3n) is 3.63. The lowest BCUT2D eigenvalue weighted by Crippen LogP contribution is -2.21. The second-order valence-electron chi connectivity index (χ2n) is 4.77. The molecule has 2 aromatic heterocycles. The summed E-state index contributed by atoms with van der Waals surface area (Å²) >= 11 is 0. The van der Waals surface area contributed by atoms with Crippen LogP contribution in [0.2, 0.25) is 0 Å². The number of aromatic nitrogens is 4. The molecule has 2 heterocycles. The summed E-state index contributed by atoms with van der Waals surface area (Å²) in [6.45, 7) is 4.11. The average molecular weight is 275 g/mol. The first-order valence-electron chi connectivity index (χ1n) is 6.59. The number of likely N-dealkylation sites (N-methyl/N-ethyl adjacent to an activating group) is 1.